The van der Waals surface area contributed by atoms with E-state index in [4.69, 9.17) is 0 Å². The fourth-order valence-electron chi connectivity index (χ4n) is 2.77. The van der Waals surface area contributed by atoms with Crippen molar-refractivity contribution in [3.8, 4) is 0 Å². The average Bonchev–Trinajstić information content (AvgIpc) is 2.85. The molecule has 1 aliphatic carbocycles. The number of likely N-dealkylation sites (N-methyl/N-ethyl adjacent to an activating group) is 1. The molecule has 0 radical (unpaired) electrons. The van der Waals surface area contributed by atoms with Gasteiger partial charge in [-0.15, -0.1) is 0 Å². The molecular weight excluding hydrogens is 268 g/mol. The van der Waals surface area contributed by atoms with E-state index in [1.165, 1.54) is 4.90 Å². The maximum Gasteiger partial charge on any atom is 0.321 e. The summed E-state index contributed by atoms with van der Waals surface area (Å²) >= 11 is 0. The quantitative estimate of drug-likeness (QED) is 0.798. The molecule has 0 bridgehead atoms. The third-order valence-electron chi connectivity index (χ3n) is 4.06. The Morgan fingerprint density at radius 3 is 2.43 bits per heavy atom. The van der Waals surface area contributed by atoms with Gasteiger partial charge in [0.15, 0.2) is 0 Å². The minimum absolute atomic E-state index is 0.236. The summed E-state index contributed by atoms with van der Waals surface area (Å²) in [7, 11) is 1.69. The summed E-state index contributed by atoms with van der Waals surface area (Å²) in [5.41, 5.74) is 0.749. The second kappa shape index (κ2) is 6.45. The van der Waals surface area contributed by atoms with Crippen LogP contribution in [0.5, 0.6) is 0 Å². The number of nitrogens with zero attached hydrogens (tertiary/aromatic N) is 1. The van der Waals surface area contributed by atoms with Crippen LogP contribution in [0, 0.1) is 0 Å². The van der Waals surface area contributed by atoms with E-state index in [1.54, 1.807) is 38.2 Å². The monoisotopic (exact) mass is 292 g/mol. The summed E-state index contributed by atoms with van der Waals surface area (Å²) in [6.45, 7) is 2.05. The maximum atomic E-state index is 12.1. The van der Waals surface area contributed by atoms with E-state index in [9.17, 15) is 15.0 Å². The summed E-state index contributed by atoms with van der Waals surface area (Å²) in [4.78, 5) is 13.6. The van der Waals surface area contributed by atoms with Gasteiger partial charge in [0.2, 0.25) is 0 Å². The molecule has 2 amide bonds. The van der Waals surface area contributed by atoms with Gasteiger partial charge in [0.05, 0.1) is 18.2 Å². The van der Waals surface area contributed by atoms with E-state index in [0.717, 1.165) is 31.2 Å². The summed E-state index contributed by atoms with van der Waals surface area (Å²) < 4.78 is 0. The molecule has 0 aromatic heterocycles. The van der Waals surface area contributed by atoms with Gasteiger partial charge in [0.1, 0.15) is 0 Å². The largest absolute Gasteiger partial charge is 0.389 e. The maximum absolute atomic E-state index is 12.1. The van der Waals surface area contributed by atoms with Gasteiger partial charge >= 0.3 is 6.03 Å². The predicted octanol–water partition coefficient (Wildman–Crippen LogP) is 2.51. The number of urea groups is 1. The first-order chi connectivity index (χ1) is 9.89. The van der Waals surface area contributed by atoms with Gasteiger partial charge in [0.25, 0.3) is 0 Å². The number of hydrogen-bond donors (Lipinski definition) is 3. The zero-order valence-electron chi connectivity index (χ0n) is 12.7. The first-order valence-electron chi connectivity index (χ1n) is 7.42. The van der Waals surface area contributed by atoms with E-state index in [0.29, 0.717) is 12.2 Å². The van der Waals surface area contributed by atoms with Crippen LogP contribution in [0.15, 0.2) is 24.3 Å². The number of rotatable bonds is 4. The molecule has 5 nitrogen and oxygen atoms in total. The zero-order chi connectivity index (χ0) is 15.5. The topological polar surface area (TPSA) is 72.8 Å². The molecule has 0 heterocycles. The van der Waals surface area contributed by atoms with Crippen LogP contribution in [-0.2, 0) is 0 Å². The van der Waals surface area contributed by atoms with E-state index >= 15 is 0 Å². The molecule has 21 heavy (non-hydrogen) atoms. The van der Waals surface area contributed by atoms with Crippen molar-refractivity contribution in [2.75, 3.05) is 18.9 Å². The van der Waals surface area contributed by atoms with Crippen molar-refractivity contribution < 1.29 is 15.0 Å². The van der Waals surface area contributed by atoms with Crippen LogP contribution in [0.2, 0.25) is 0 Å². The molecule has 0 saturated heterocycles. The Morgan fingerprint density at radius 2 is 1.90 bits per heavy atom. The Hall–Kier alpha value is -1.59. The van der Waals surface area contributed by atoms with Gasteiger partial charge < -0.3 is 20.4 Å². The van der Waals surface area contributed by atoms with Crippen molar-refractivity contribution in [1.29, 1.82) is 0 Å². The van der Waals surface area contributed by atoms with Crippen LogP contribution in [0.4, 0.5) is 10.5 Å². The fourth-order valence-corrected chi connectivity index (χ4v) is 2.77. The van der Waals surface area contributed by atoms with Gasteiger partial charge in [0, 0.05) is 12.7 Å². The number of anilines is 1. The van der Waals surface area contributed by atoms with E-state index in [2.05, 4.69) is 5.32 Å². The molecule has 1 aromatic rings. The third kappa shape index (κ3) is 4.19. The van der Waals surface area contributed by atoms with Gasteiger partial charge in [-0.2, -0.15) is 0 Å². The molecule has 116 valence electrons. The molecule has 1 fully saturated rings. The van der Waals surface area contributed by atoms with Crippen LogP contribution in [-0.4, -0.2) is 40.3 Å². The molecule has 0 spiro atoms. The number of amides is 2. The number of carbonyl (C=O) groups is 1. The third-order valence-corrected chi connectivity index (χ3v) is 4.06. The van der Waals surface area contributed by atoms with E-state index in [-0.39, 0.29) is 6.03 Å². The molecule has 1 saturated carbocycles. The number of hydrogen-bond acceptors (Lipinski definition) is 3. The summed E-state index contributed by atoms with van der Waals surface area (Å²) in [6, 6.07) is 6.85. The highest BCUT2D eigenvalue weighted by atomic mass is 16.3. The Kier molecular flexibility index (Phi) is 4.85. The molecule has 5 heteroatoms. The number of benzene rings is 1. The number of aliphatic hydroxyl groups excluding tert-OH is 1. The van der Waals surface area contributed by atoms with Crippen molar-refractivity contribution in [2.45, 2.75) is 44.3 Å². The van der Waals surface area contributed by atoms with E-state index < -0.39 is 11.7 Å². The molecule has 2 rings (SSSR count). The molecular formula is C16H24N2O3. The second-order valence-corrected chi connectivity index (χ2v) is 6.02. The van der Waals surface area contributed by atoms with Crippen LogP contribution in [0.3, 0.4) is 0 Å². The van der Waals surface area contributed by atoms with E-state index in [1.807, 2.05) is 0 Å². The van der Waals surface area contributed by atoms with Gasteiger partial charge in [-0.05, 0) is 37.5 Å². The molecule has 3 N–H and O–H groups in total. The highest BCUT2D eigenvalue weighted by Gasteiger charge is 2.33. The molecule has 1 unspecified atom stereocenters. The highest BCUT2D eigenvalue weighted by Crippen LogP contribution is 2.30. The average molecular weight is 292 g/mol. The fraction of sp³-hybridized carbons (Fsp3) is 0.562. The minimum atomic E-state index is -0.734. The first-order valence-corrected chi connectivity index (χ1v) is 7.42. The van der Waals surface area contributed by atoms with Crippen molar-refractivity contribution in [1.82, 2.24) is 4.90 Å². The number of aliphatic hydroxyl groups is 2. The minimum Gasteiger partial charge on any atom is -0.389 e. The Bertz CT molecular complexity index is 479. The summed E-state index contributed by atoms with van der Waals surface area (Å²) in [5, 5.41) is 22.6. The first kappa shape index (κ1) is 15.8. The lowest BCUT2D eigenvalue weighted by atomic mass is 10.0. The van der Waals surface area contributed by atoms with Gasteiger partial charge in [-0.3, -0.25) is 0 Å². The lowest BCUT2D eigenvalue weighted by Crippen LogP contribution is -2.43. The Balaban J connectivity index is 1.91. The normalized spacial score (nSPS) is 18.3. The second-order valence-electron chi connectivity index (χ2n) is 6.02. The molecule has 0 aliphatic heterocycles. The lowest BCUT2D eigenvalue weighted by Gasteiger charge is -2.28. The number of carbonyl (C=O) groups excluding carboxylic acids is 1. The molecule has 1 aromatic carbocycles. The summed E-state index contributed by atoms with van der Waals surface area (Å²) in [5.74, 6) is 0. The Labute approximate surface area is 125 Å². The molecule has 1 aliphatic rings. The highest BCUT2D eigenvalue weighted by molar-refractivity contribution is 5.89. The van der Waals surface area contributed by atoms with Crippen LogP contribution >= 0.6 is 0 Å². The van der Waals surface area contributed by atoms with Crippen LogP contribution in [0.1, 0.15) is 44.3 Å². The van der Waals surface area contributed by atoms with Crippen molar-refractivity contribution in [3.05, 3.63) is 29.8 Å². The SMILES string of the molecule is CC(O)c1ccc(NC(=O)N(C)CC2(O)CCCC2)cc1. The standard InChI is InChI=1S/C16H24N2O3/c1-12(19)13-5-7-14(8-6-13)17-15(20)18(2)11-16(21)9-3-4-10-16/h5-8,12,19,21H,3-4,9-11H2,1-2H3,(H,17,20). The lowest BCUT2D eigenvalue weighted by molar-refractivity contribution is 0.0261. The Morgan fingerprint density at radius 1 is 1.33 bits per heavy atom. The van der Waals surface area contributed by atoms with Crippen LogP contribution in [0.25, 0.3) is 0 Å². The van der Waals surface area contributed by atoms with Gasteiger partial charge in [-0.1, -0.05) is 25.0 Å². The predicted molar refractivity (Wildman–Crippen MR) is 82.1 cm³/mol. The van der Waals surface area contributed by atoms with Gasteiger partial charge in [-0.25, -0.2) is 4.79 Å². The number of nitrogens with one attached hydrogen (secondary N) is 1. The summed E-state index contributed by atoms with van der Waals surface area (Å²) in [6.07, 6.45) is 3.04. The van der Waals surface area contributed by atoms with Crippen molar-refractivity contribution in [3.63, 3.8) is 0 Å². The smallest absolute Gasteiger partial charge is 0.321 e. The van der Waals surface area contributed by atoms with Crippen molar-refractivity contribution in [2.24, 2.45) is 0 Å². The van der Waals surface area contributed by atoms with Crippen LogP contribution < -0.4 is 5.32 Å². The zero-order valence-corrected chi connectivity index (χ0v) is 12.7. The molecule has 1 atom stereocenters. The van der Waals surface area contributed by atoms with Crippen molar-refractivity contribution >= 4 is 11.7 Å².